The molecule has 2 fully saturated rings. The van der Waals surface area contributed by atoms with Crippen molar-refractivity contribution in [2.24, 2.45) is 28.6 Å². The van der Waals surface area contributed by atoms with Crippen LogP contribution in [0.2, 0.25) is 0 Å². The van der Waals surface area contributed by atoms with Crippen molar-refractivity contribution in [1.29, 1.82) is 0 Å². The second-order valence-corrected chi connectivity index (χ2v) is 11.2. The van der Waals surface area contributed by atoms with Crippen molar-refractivity contribution in [3.05, 3.63) is 0 Å². The molecule has 0 aromatic carbocycles. The molecule has 2 aliphatic rings. The van der Waals surface area contributed by atoms with E-state index in [1.165, 1.54) is 51.4 Å². The molecule has 0 radical (unpaired) electrons. The van der Waals surface area contributed by atoms with Crippen LogP contribution in [0.15, 0.2) is 0 Å². The summed E-state index contributed by atoms with van der Waals surface area (Å²) < 4.78 is 0. The number of rotatable bonds is 6. The summed E-state index contributed by atoms with van der Waals surface area (Å²) in [6.45, 7) is 13.8. The summed E-state index contributed by atoms with van der Waals surface area (Å²) in [6.07, 6.45) is 11.9. The molecule has 2 nitrogen and oxygen atoms in total. The van der Waals surface area contributed by atoms with E-state index in [4.69, 9.17) is 0 Å². The van der Waals surface area contributed by atoms with Crippen molar-refractivity contribution < 1.29 is 10.2 Å². The molecule has 0 aromatic rings. The van der Waals surface area contributed by atoms with Gasteiger partial charge in [0.05, 0.1) is 11.7 Å². The first-order chi connectivity index (χ1) is 11.4. The van der Waals surface area contributed by atoms with Gasteiger partial charge < -0.3 is 10.2 Å². The van der Waals surface area contributed by atoms with Crippen LogP contribution in [0.3, 0.4) is 0 Å². The quantitative estimate of drug-likeness (QED) is 0.620. The Morgan fingerprint density at radius 3 is 1.28 bits per heavy atom. The van der Waals surface area contributed by atoms with Crippen LogP contribution in [-0.4, -0.2) is 21.9 Å². The van der Waals surface area contributed by atoms with Crippen molar-refractivity contribution in [1.82, 2.24) is 0 Å². The van der Waals surface area contributed by atoms with Gasteiger partial charge >= 0.3 is 0 Å². The highest BCUT2D eigenvalue weighted by Crippen LogP contribution is 2.48. The topological polar surface area (TPSA) is 40.5 Å². The van der Waals surface area contributed by atoms with Gasteiger partial charge in [0.2, 0.25) is 0 Å². The minimum absolute atomic E-state index is 0.0468. The lowest BCUT2D eigenvalue weighted by Gasteiger charge is -2.45. The van der Waals surface area contributed by atoms with Crippen molar-refractivity contribution in [3.63, 3.8) is 0 Å². The van der Waals surface area contributed by atoms with Crippen molar-refractivity contribution in [2.45, 2.75) is 117 Å². The number of hydrogen-bond donors (Lipinski definition) is 2. The van der Waals surface area contributed by atoms with Crippen LogP contribution in [0.1, 0.15) is 106 Å². The lowest BCUT2D eigenvalue weighted by atomic mass is 9.61. The van der Waals surface area contributed by atoms with Crippen molar-refractivity contribution >= 4 is 0 Å². The van der Waals surface area contributed by atoms with Gasteiger partial charge in [-0.2, -0.15) is 0 Å². The molecule has 2 saturated carbocycles. The van der Waals surface area contributed by atoms with Crippen LogP contribution in [0.4, 0.5) is 0 Å². The molecule has 0 unspecified atom stereocenters. The maximum atomic E-state index is 10.3. The van der Waals surface area contributed by atoms with Crippen LogP contribution in [-0.2, 0) is 0 Å². The predicted molar refractivity (Wildman–Crippen MR) is 107 cm³/mol. The molecule has 25 heavy (non-hydrogen) atoms. The Bertz CT molecular complexity index is 402. The molecule has 2 N–H and O–H groups in total. The van der Waals surface area contributed by atoms with Crippen LogP contribution in [0.25, 0.3) is 0 Å². The lowest BCUT2D eigenvalue weighted by Crippen LogP contribution is -2.37. The van der Waals surface area contributed by atoms with E-state index in [9.17, 15) is 10.2 Å². The molecule has 0 aliphatic heterocycles. The van der Waals surface area contributed by atoms with E-state index < -0.39 is 5.60 Å². The summed E-state index contributed by atoms with van der Waals surface area (Å²) in [5.74, 6) is 2.05. The third-order valence-electron chi connectivity index (χ3n) is 8.05. The van der Waals surface area contributed by atoms with Gasteiger partial charge in [0.1, 0.15) is 0 Å². The van der Waals surface area contributed by atoms with Gasteiger partial charge in [0.25, 0.3) is 0 Å². The van der Waals surface area contributed by atoms with Crippen molar-refractivity contribution in [3.8, 4) is 0 Å². The molecule has 0 heterocycles. The fourth-order valence-corrected chi connectivity index (χ4v) is 5.49. The molecule has 2 heteroatoms. The van der Waals surface area contributed by atoms with E-state index >= 15 is 0 Å². The summed E-state index contributed by atoms with van der Waals surface area (Å²) in [4.78, 5) is 0. The molecular weight excluding hydrogens is 308 g/mol. The van der Waals surface area contributed by atoms with Gasteiger partial charge in [0, 0.05) is 0 Å². The summed E-state index contributed by atoms with van der Waals surface area (Å²) in [6, 6.07) is 0. The minimum Gasteiger partial charge on any atom is -0.393 e. The predicted octanol–water partition coefficient (Wildman–Crippen LogP) is 5.95. The largest absolute Gasteiger partial charge is 0.393 e. The molecule has 148 valence electrons. The SMILES string of the molecule is CC(C)(O)C1CCC(C(C)(C)CCC(C)(C)C2CCC(O)CC2)CC1. The summed E-state index contributed by atoms with van der Waals surface area (Å²) >= 11 is 0. The summed E-state index contributed by atoms with van der Waals surface area (Å²) in [5, 5.41) is 20.1. The molecule has 0 saturated heterocycles. The first-order valence-corrected chi connectivity index (χ1v) is 10.8. The molecule has 0 bridgehead atoms. The van der Waals surface area contributed by atoms with Crippen molar-refractivity contribution in [2.75, 3.05) is 0 Å². The Labute approximate surface area is 156 Å². The van der Waals surface area contributed by atoms with Gasteiger partial charge in [0.15, 0.2) is 0 Å². The molecule has 0 spiro atoms. The monoisotopic (exact) mass is 352 g/mol. The number of aliphatic hydroxyl groups is 2. The van der Waals surface area contributed by atoms with Gasteiger partial charge in [-0.1, -0.05) is 27.7 Å². The Kier molecular flexibility index (Phi) is 6.69. The molecular formula is C23H44O2. The average Bonchev–Trinajstić information content (AvgIpc) is 2.53. The average molecular weight is 353 g/mol. The van der Waals surface area contributed by atoms with E-state index in [0.717, 1.165) is 24.7 Å². The molecule has 0 amide bonds. The van der Waals surface area contributed by atoms with Gasteiger partial charge in [-0.25, -0.2) is 0 Å². The Balaban J connectivity index is 1.84. The zero-order valence-corrected chi connectivity index (χ0v) is 17.8. The van der Waals surface area contributed by atoms with E-state index in [2.05, 4.69) is 27.7 Å². The van der Waals surface area contributed by atoms with Gasteiger partial charge in [-0.15, -0.1) is 0 Å². The standard InChI is InChI=1S/C23H44O2/c1-21(2,17-7-9-19(10-8-17)23(5,6)25)15-16-22(3,4)18-11-13-20(24)14-12-18/h17-20,24-25H,7-16H2,1-6H3. The van der Waals surface area contributed by atoms with Gasteiger partial charge in [-0.05, 0) is 107 Å². The van der Waals surface area contributed by atoms with Crippen LogP contribution in [0.5, 0.6) is 0 Å². The number of hydrogen-bond acceptors (Lipinski definition) is 2. The number of aliphatic hydroxyl groups excluding tert-OH is 1. The molecule has 0 aromatic heterocycles. The molecule has 2 aliphatic carbocycles. The van der Waals surface area contributed by atoms with E-state index in [1.54, 1.807) is 0 Å². The second kappa shape index (κ2) is 7.89. The first-order valence-electron chi connectivity index (χ1n) is 10.8. The Morgan fingerprint density at radius 2 is 0.920 bits per heavy atom. The highest BCUT2D eigenvalue weighted by molar-refractivity contribution is 4.90. The van der Waals surface area contributed by atoms with Crippen LogP contribution in [0, 0.1) is 28.6 Å². The fourth-order valence-electron chi connectivity index (χ4n) is 5.49. The smallest absolute Gasteiger partial charge is 0.0619 e. The zero-order valence-electron chi connectivity index (χ0n) is 17.8. The second-order valence-electron chi connectivity index (χ2n) is 11.2. The van der Waals surface area contributed by atoms with Crippen LogP contribution >= 0.6 is 0 Å². The summed E-state index contributed by atoms with van der Waals surface area (Å²) in [7, 11) is 0. The normalized spacial score (nSPS) is 32.6. The molecule has 0 atom stereocenters. The summed E-state index contributed by atoms with van der Waals surface area (Å²) in [5.41, 5.74) is 0.278. The lowest BCUT2D eigenvalue weighted by molar-refractivity contribution is -0.0198. The van der Waals surface area contributed by atoms with E-state index in [0.29, 0.717) is 16.7 Å². The zero-order chi connectivity index (χ0) is 18.9. The maximum Gasteiger partial charge on any atom is 0.0619 e. The Hall–Kier alpha value is -0.0800. The Morgan fingerprint density at radius 1 is 0.600 bits per heavy atom. The fraction of sp³-hybridized carbons (Fsp3) is 1.00. The highest BCUT2D eigenvalue weighted by Gasteiger charge is 2.39. The minimum atomic E-state index is -0.511. The van der Waals surface area contributed by atoms with Crippen LogP contribution < -0.4 is 0 Å². The maximum absolute atomic E-state index is 10.3. The van der Waals surface area contributed by atoms with E-state index in [-0.39, 0.29) is 6.10 Å². The van der Waals surface area contributed by atoms with E-state index in [1.807, 2.05) is 13.8 Å². The van der Waals surface area contributed by atoms with Gasteiger partial charge in [-0.3, -0.25) is 0 Å². The molecule has 2 rings (SSSR count). The first kappa shape index (κ1) is 21.2. The third-order valence-corrected chi connectivity index (χ3v) is 8.05. The highest BCUT2D eigenvalue weighted by atomic mass is 16.3. The third kappa shape index (κ3) is 5.70.